The highest BCUT2D eigenvalue weighted by Crippen LogP contribution is 2.17. The molecule has 0 radical (unpaired) electrons. The first-order valence-electron chi connectivity index (χ1n) is 5.33. The lowest BCUT2D eigenvalue weighted by atomic mass is 10.0. The highest BCUT2D eigenvalue weighted by atomic mass is 16.3. The Morgan fingerprint density at radius 2 is 2.36 bits per heavy atom. The number of amides is 1. The number of rotatable bonds is 4. The van der Waals surface area contributed by atoms with Crippen LogP contribution in [0, 0.1) is 5.92 Å². The third-order valence-electron chi connectivity index (χ3n) is 2.91. The lowest BCUT2D eigenvalue weighted by Gasteiger charge is -2.25. The van der Waals surface area contributed by atoms with E-state index in [0.29, 0.717) is 13.1 Å². The third-order valence-corrected chi connectivity index (χ3v) is 2.91. The number of aliphatic hydroxyl groups is 1. The molecule has 0 aromatic heterocycles. The molecule has 0 saturated carbocycles. The van der Waals surface area contributed by atoms with Gasteiger partial charge in [0, 0.05) is 19.1 Å². The number of aliphatic hydroxyl groups excluding tert-OH is 1. The number of hydrogen-bond donors (Lipinski definition) is 2. The number of likely N-dealkylation sites (N-methyl/N-ethyl adjacent to an activating group) is 1. The SMILES string of the molecule is CCN(CCO)C(=O)C1CCNC1C. The lowest BCUT2D eigenvalue weighted by molar-refractivity contribution is -0.136. The molecule has 1 amide bonds. The summed E-state index contributed by atoms with van der Waals surface area (Å²) in [7, 11) is 0. The van der Waals surface area contributed by atoms with E-state index in [9.17, 15) is 4.79 Å². The Labute approximate surface area is 85.3 Å². The largest absolute Gasteiger partial charge is 0.395 e. The first-order chi connectivity index (χ1) is 6.70. The van der Waals surface area contributed by atoms with Gasteiger partial charge in [0.1, 0.15) is 0 Å². The molecule has 1 fully saturated rings. The van der Waals surface area contributed by atoms with Crippen molar-refractivity contribution < 1.29 is 9.90 Å². The van der Waals surface area contributed by atoms with Gasteiger partial charge in [-0.3, -0.25) is 4.79 Å². The van der Waals surface area contributed by atoms with Crippen LogP contribution in [0.4, 0.5) is 0 Å². The lowest BCUT2D eigenvalue weighted by Crippen LogP contribution is -2.41. The van der Waals surface area contributed by atoms with Gasteiger partial charge >= 0.3 is 0 Å². The molecule has 1 heterocycles. The van der Waals surface area contributed by atoms with Crippen molar-refractivity contribution in [2.45, 2.75) is 26.3 Å². The molecule has 0 aromatic rings. The van der Waals surface area contributed by atoms with Crippen molar-refractivity contribution in [3.63, 3.8) is 0 Å². The second-order valence-electron chi connectivity index (χ2n) is 3.78. The van der Waals surface area contributed by atoms with E-state index in [1.165, 1.54) is 0 Å². The molecule has 4 heteroatoms. The van der Waals surface area contributed by atoms with E-state index in [4.69, 9.17) is 5.11 Å². The monoisotopic (exact) mass is 200 g/mol. The summed E-state index contributed by atoms with van der Waals surface area (Å²) in [6.45, 7) is 6.10. The van der Waals surface area contributed by atoms with Gasteiger partial charge in [-0.05, 0) is 26.8 Å². The zero-order chi connectivity index (χ0) is 10.6. The number of carbonyl (C=O) groups excluding carboxylic acids is 1. The third kappa shape index (κ3) is 2.45. The van der Waals surface area contributed by atoms with Crippen LogP contribution in [0.1, 0.15) is 20.3 Å². The van der Waals surface area contributed by atoms with Crippen molar-refractivity contribution in [2.24, 2.45) is 5.92 Å². The molecular weight excluding hydrogens is 180 g/mol. The predicted octanol–water partition coefficient (Wildman–Crippen LogP) is -0.175. The summed E-state index contributed by atoms with van der Waals surface area (Å²) in [5.41, 5.74) is 0. The van der Waals surface area contributed by atoms with Gasteiger partial charge < -0.3 is 15.3 Å². The molecule has 1 saturated heterocycles. The van der Waals surface area contributed by atoms with Gasteiger partial charge in [0.25, 0.3) is 0 Å². The maximum absolute atomic E-state index is 12.0. The van der Waals surface area contributed by atoms with E-state index in [2.05, 4.69) is 5.32 Å². The molecule has 4 nitrogen and oxygen atoms in total. The van der Waals surface area contributed by atoms with Crippen LogP contribution in [0.5, 0.6) is 0 Å². The average molecular weight is 200 g/mol. The van der Waals surface area contributed by atoms with Gasteiger partial charge in [-0.25, -0.2) is 0 Å². The second kappa shape index (κ2) is 5.32. The molecule has 0 aromatic carbocycles. The summed E-state index contributed by atoms with van der Waals surface area (Å²) in [6.07, 6.45) is 0.919. The molecule has 2 atom stereocenters. The minimum atomic E-state index is 0.0497. The van der Waals surface area contributed by atoms with E-state index in [1.54, 1.807) is 4.90 Å². The van der Waals surface area contributed by atoms with Crippen LogP contribution < -0.4 is 5.32 Å². The fourth-order valence-corrected chi connectivity index (χ4v) is 1.98. The van der Waals surface area contributed by atoms with Crippen LogP contribution in [0.15, 0.2) is 0 Å². The molecule has 1 aliphatic heterocycles. The second-order valence-corrected chi connectivity index (χ2v) is 3.78. The molecule has 2 N–H and O–H groups in total. The first-order valence-corrected chi connectivity index (χ1v) is 5.33. The normalized spacial score (nSPS) is 26.5. The fraction of sp³-hybridized carbons (Fsp3) is 0.900. The summed E-state index contributed by atoms with van der Waals surface area (Å²) >= 11 is 0. The maximum atomic E-state index is 12.0. The van der Waals surface area contributed by atoms with E-state index >= 15 is 0 Å². The molecule has 2 unspecified atom stereocenters. The van der Waals surface area contributed by atoms with Gasteiger partial charge in [-0.15, -0.1) is 0 Å². The highest BCUT2D eigenvalue weighted by molar-refractivity contribution is 5.79. The number of hydrogen-bond acceptors (Lipinski definition) is 3. The summed E-state index contributed by atoms with van der Waals surface area (Å²) in [5, 5.41) is 12.1. The molecule has 0 bridgehead atoms. The van der Waals surface area contributed by atoms with Gasteiger partial charge in [0.15, 0.2) is 0 Å². The van der Waals surface area contributed by atoms with Crippen LogP contribution in [0.3, 0.4) is 0 Å². The Bertz CT molecular complexity index is 197. The summed E-state index contributed by atoms with van der Waals surface area (Å²) in [5.74, 6) is 0.278. The Kier molecular flexibility index (Phi) is 4.35. The summed E-state index contributed by atoms with van der Waals surface area (Å²) in [6, 6.07) is 0.273. The topological polar surface area (TPSA) is 52.6 Å². The van der Waals surface area contributed by atoms with Crippen LogP contribution in [-0.2, 0) is 4.79 Å². The Morgan fingerprint density at radius 1 is 1.64 bits per heavy atom. The predicted molar refractivity (Wildman–Crippen MR) is 54.9 cm³/mol. The molecule has 14 heavy (non-hydrogen) atoms. The standard InChI is InChI=1S/C10H20N2O2/c1-3-12(6-7-13)10(14)9-4-5-11-8(9)2/h8-9,11,13H,3-7H2,1-2H3. The average Bonchev–Trinajstić information content (AvgIpc) is 2.59. The quantitative estimate of drug-likeness (QED) is 0.662. The molecular formula is C10H20N2O2. The minimum Gasteiger partial charge on any atom is -0.395 e. The molecule has 0 aliphatic carbocycles. The molecule has 1 rings (SSSR count). The minimum absolute atomic E-state index is 0.0497. The maximum Gasteiger partial charge on any atom is 0.227 e. The molecule has 82 valence electrons. The van der Waals surface area contributed by atoms with Crippen LogP contribution in [-0.4, -0.2) is 48.2 Å². The van der Waals surface area contributed by atoms with E-state index in [-0.39, 0.29) is 24.5 Å². The van der Waals surface area contributed by atoms with Crippen molar-refractivity contribution in [2.75, 3.05) is 26.2 Å². The Balaban J connectivity index is 2.52. The summed E-state index contributed by atoms with van der Waals surface area (Å²) < 4.78 is 0. The van der Waals surface area contributed by atoms with Gasteiger partial charge in [-0.2, -0.15) is 0 Å². The van der Waals surface area contributed by atoms with Crippen LogP contribution >= 0.6 is 0 Å². The van der Waals surface area contributed by atoms with Gasteiger partial charge in [0.2, 0.25) is 5.91 Å². The first kappa shape index (κ1) is 11.5. The number of carbonyl (C=O) groups is 1. The van der Waals surface area contributed by atoms with E-state index in [0.717, 1.165) is 13.0 Å². The fourth-order valence-electron chi connectivity index (χ4n) is 1.98. The zero-order valence-electron chi connectivity index (χ0n) is 8.99. The van der Waals surface area contributed by atoms with Crippen LogP contribution in [0.25, 0.3) is 0 Å². The summed E-state index contributed by atoms with van der Waals surface area (Å²) in [4.78, 5) is 13.7. The van der Waals surface area contributed by atoms with Crippen molar-refractivity contribution in [3.8, 4) is 0 Å². The molecule has 1 aliphatic rings. The van der Waals surface area contributed by atoms with Crippen molar-refractivity contribution in [1.82, 2.24) is 10.2 Å². The number of nitrogens with zero attached hydrogens (tertiary/aromatic N) is 1. The Morgan fingerprint density at radius 3 is 2.79 bits per heavy atom. The van der Waals surface area contributed by atoms with Crippen molar-refractivity contribution >= 4 is 5.91 Å². The highest BCUT2D eigenvalue weighted by Gasteiger charge is 2.31. The number of nitrogens with one attached hydrogen (secondary N) is 1. The van der Waals surface area contributed by atoms with Gasteiger partial charge in [0.05, 0.1) is 12.5 Å². The Hall–Kier alpha value is -0.610. The van der Waals surface area contributed by atoms with E-state index in [1.807, 2.05) is 13.8 Å². The zero-order valence-corrected chi connectivity index (χ0v) is 8.99. The van der Waals surface area contributed by atoms with Crippen molar-refractivity contribution in [3.05, 3.63) is 0 Å². The molecule has 0 spiro atoms. The van der Waals surface area contributed by atoms with Crippen molar-refractivity contribution in [1.29, 1.82) is 0 Å². The van der Waals surface area contributed by atoms with Crippen LogP contribution in [0.2, 0.25) is 0 Å². The smallest absolute Gasteiger partial charge is 0.227 e. The van der Waals surface area contributed by atoms with Gasteiger partial charge in [-0.1, -0.05) is 0 Å². The van der Waals surface area contributed by atoms with E-state index < -0.39 is 0 Å².